The fourth-order valence-electron chi connectivity index (χ4n) is 2.76. The Morgan fingerprint density at radius 3 is 2.46 bits per heavy atom. The van der Waals surface area contributed by atoms with E-state index in [0.29, 0.717) is 24.9 Å². The molecule has 1 saturated heterocycles. The zero-order valence-electron chi connectivity index (χ0n) is 14.0. The van der Waals surface area contributed by atoms with Crippen LogP contribution in [-0.2, 0) is 19.4 Å². The van der Waals surface area contributed by atoms with Gasteiger partial charge in [0.05, 0.1) is 17.1 Å². The molecule has 1 fully saturated rings. The lowest BCUT2D eigenvalue weighted by molar-refractivity contribution is -0.136. The number of rotatable bonds is 6. The van der Waals surface area contributed by atoms with Crippen LogP contribution in [0.5, 0.6) is 0 Å². The summed E-state index contributed by atoms with van der Waals surface area (Å²) in [6, 6.07) is 6.57. The van der Waals surface area contributed by atoms with E-state index in [0.717, 1.165) is 5.56 Å². The summed E-state index contributed by atoms with van der Waals surface area (Å²) in [5.41, 5.74) is 1.41. The largest absolute Gasteiger partial charge is 0.452 e. The van der Waals surface area contributed by atoms with Crippen LogP contribution in [0.3, 0.4) is 0 Å². The summed E-state index contributed by atoms with van der Waals surface area (Å²) < 4.78 is 28.3. The Kier molecular flexibility index (Phi) is 5.99. The number of nitrogens with zero attached hydrogens (tertiary/aromatic N) is 1. The minimum absolute atomic E-state index is 0.00928. The molecule has 1 aliphatic heterocycles. The maximum absolute atomic E-state index is 12.4. The van der Waals surface area contributed by atoms with E-state index < -0.39 is 15.8 Å². The Labute approximate surface area is 142 Å². The normalized spacial score (nSPS) is 19.0. The van der Waals surface area contributed by atoms with Crippen molar-refractivity contribution >= 4 is 21.7 Å². The molecule has 24 heavy (non-hydrogen) atoms. The number of carbonyl (C=O) groups excluding carboxylic acids is 2. The Bertz CT molecular complexity index is 696. The highest BCUT2D eigenvalue weighted by Crippen LogP contribution is 2.18. The fourth-order valence-corrected chi connectivity index (χ4v) is 4.49. The first-order valence-electron chi connectivity index (χ1n) is 8.06. The van der Waals surface area contributed by atoms with Gasteiger partial charge < -0.3 is 9.64 Å². The van der Waals surface area contributed by atoms with Crippen molar-refractivity contribution in [3.8, 4) is 0 Å². The third-order valence-corrected chi connectivity index (χ3v) is 5.80. The summed E-state index contributed by atoms with van der Waals surface area (Å²) in [5.74, 6) is -0.808. The molecule has 0 aromatic heterocycles. The van der Waals surface area contributed by atoms with Crippen LogP contribution in [0.4, 0.5) is 0 Å². The van der Waals surface area contributed by atoms with E-state index in [9.17, 15) is 18.0 Å². The first-order valence-corrected chi connectivity index (χ1v) is 9.88. The highest BCUT2D eigenvalue weighted by atomic mass is 32.2. The van der Waals surface area contributed by atoms with Crippen LogP contribution in [0.1, 0.15) is 35.7 Å². The molecule has 0 saturated carbocycles. The lowest BCUT2D eigenvalue weighted by Crippen LogP contribution is -2.43. The Morgan fingerprint density at radius 1 is 1.25 bits per heavy atom. The summed E-state index contributed by atoms with van der Waals surface area (Å²) in [6.07, 6.45) is 1.16. The van der Waals surface area contributed by atoms with Crippen molar-refractivity contribution < 1.29 is 22.7 Å². The Morgan fingerprint density at radius 2 is 1.92 bits per heavy atom. The Balaban J connectivity index is 1.95. The van der Waals surface area contributed by atoms with Crippen molar-refractivity contribution in [3.05, 3.63) is 35.4 Å². The predicted octanol–water partition coefficient (Wildman–Crippen LogP) is 1.58. The van der Waals surface area contributed by atoms with Crippen LogP contribution in [0.25, 0.3) is 0 Å². The van der Waals surface area contributed by atoms with Crippen LogP contribution < -0.4 is 0 Å². The minimum Gasteiger partial charge on any atom is -0.452 e. The molecule has 0 bridgehead atoms. The first-order chi connectivity index (χ1) is 11.3. The van der Waals surface area contributed by atoms with Crippen LogP contribution in [0.15, 0.2) is 24.3 Å². The van der Waals surface area contributed by atoms with Crippen molar-refractivity contribution in [2.45, 2.75) is 32.7 Å². The van der Waals surface area contributed by atoms with Gasteiger partial charge in [-0.3, -0.25) is 4.79 Å². The van der Waals surface area contributed by atoms with Crippen LogP contribution in [-0.4, -0.2) is 55.9 Å². The van der Waals surface area contributed by atoms with E-state index in [1.165, 1.54) is 4.90 Å². The monoisotopic (exact) mass is 353 g/mol. The minimum atomic E-state index is -3.07. The number of ether oxygens (including phenoxy) is 1. The standard InChI is InChI=1S/C17H23NO5S/c1-3-9-18(15-8-10-24(21,22)12-15)16(19)11-23-17(20)14-6-4-13(2)5-7-14/h4-7,15H,3,8-12H2,1-2H3. The van der Waals surface area contributed by atoms with Gasteiger partial charge >= 0.3 is 5.97 Å². The van der Waals surface area contributed by atoms with Crippen molar-refractivity contribution in [2.24, 2.45) is 0 Å². The molecule has 0 spiro atoms. The molecule has 1 aromatic rings. The van der Waals surface area contributed by atoms with Gasteiger partial charge in [-0.25, -0.2) is 13.2 Å². The van der Waals surface area contributed by atoms with Gasteiger partial charge in [-0.1, -0.05) is 24.6 Å². The molecule has 1 unspecified atom stereocenters. The third kappa shape index (κ3) is 4.80. The summed E-state index contributed by atoms with van der Waals surface area (Å²) in [7, 11) is -3.07. The van der Waals surface area contributed by atoms with E-state index in [4.69, 9.17) is 4.74 Å². The number of sulfone groups is 1. The van der Waals surface area contributed by atoms with Gasteiger partial charge in [-0.05, 0) is 31.9 Å². The number of aryl methyl sites for hydroxylation is 1. The maximum Gasteiger partial charge on any atom is 0.338 e. The van der Waals surface area contributed by atoms with Crippen molar-refractivity contribution in [1.82, 2.24) is 4.90 Å². The zero-order chi connectivity index (χ0) is 17.7. The molecular formula is C17H23NO5S. The second kappa shape index (κ2) is 7.79. The third-order valence-electron chi connectivity index (χ3n) is 4.05. The molecule has 6 nitrogen and oxygen atoms in total. The first kappa shape index (κ1) is 18.4. The summed E-state index contributed by atoms with van der Waals surface area (Å²) in [6.45, 7) is 3.92. The number of amides is 1. The van der Waals surface area contributed by atoms with Crippen LogP contribution in [0, 0.1) is 6.92 Å². The number of hydrogen-bond acceptors (Lipinski definition) is 5. The fraction of sp³-hybridized carbons (Fsp3) is 0.529. The van der Waals surface area contributed by atoms with Gasteiger partial charge in [0.1, 0.15) is 0 Å². The van der Waals surface area contributed by atoms with E-state index in [2.05, 4.69) is 0 Å². The molecule has 0 N–H and O–H groups in total. The molecule has 1 amide bonds. The Hall–Kier alpha value is -1.89. The predicted molar refractivity (Wildman–Crippen MR) is 90.5 cm³/mol. The molecule has 2 rings (SSSR count). The quantitative estimate of drug-likeness (QED) is 0.725. The van der Waals surface area contributed by atoms with Crippen molar-refractivity contribution in [1.29, 1.82) is 0 Å². The molecule has 1 aliphatic rings. The van der Waals surface area contributed by atoms with Crippen LogP contribution >= 0.6 is 0 Å². The number of carbonyl (C=O) groups is 2. The van der Waals surface area contributed by atoms with E-state index in [1.54, 1.807) is 24.3 Å². The number of benzene rings is 1. The average Bonchev–Trinajstić information content (AvgIpc) is 2.90. The van der Waals surface area contributed by atoms with E-state index in [-0.39, 0.29) is 30.1 Å². The highest BCUT2D eigenvalue weighted by molar-refractivity contribution is 7.91. The maximum atomic E-state index is 12.4. The van der Waals surface area contributed by atoms with Gasteiger partial charge in [0, 0.05) is 12.6 Å². The molecule has 1 heterocycles. The van der Waals surface area contributed by atoms with Crippen LogP contribution in [0.2, 0.25) is 0 Å². The molecule has 7 heteroatoms. The second-order valence-corrected chi connectivity index (χ2v) is 8.31. The highest BCUT2D eigenvalue weighted by Gasteiger charge is 2.34. The van der Waals surface area contributed by atoms with Crippen molar-refractivity contribution in [3.63, 3.8) is 0 Å². The zero-order valence-corrected chi connectivity index (χ0v) is 14.8. The van der Waals surface area contributed by atoms with Gasteiger partial charge in [0.25, 0.3) is 5.91 Å². The smallest absolute Gasteiger partial charge is 0.338 e. The topological polar surface area (TPSA) is 80.8 Å². The lowest BCUT2D eigenvalue weighted by Gasteiger charge is -2.27. The van der Waals surface area contributed by atoms with Gasteiger partial charge in [-0.2, -0.15) is 0 Å². The summed E-state index contributed by atoms with van der Waals surface area (Å²) in [5, 5.41) is 0. The number of hydrogen-bond donors (Lipinski definition) is 0. The second-order valence-electron chi connectivity index (χ2n) is 6.09. The van der Waals surface area contributed by atoms with E-state index in [1.807, 2.05) is 13.8 Å². The molecule has 1 atom stereocenters. The molecule has 132 valence electrons. The SMILES string of the molecule is CCCN(C(=O)COC(=O)c1ccc(C)cc1)C1CCS(=O)(=O)C1. The number of esters is 1. The molecule has 0 aliphatic carbocycles. The van der Waals surface area contributed by atoms with E-state index >= 15 is 0 Å². The molecular weight excluding hydrogens is 330 g/mol. The summed E-state index contributed by atoms with van der Waals surface area (Å²) in [4.78, 5) is 25.9. The molecule has 0 radical (unpaired) electrons. The van der Waals surface area contributed by atoms with Gasteiger partial charge in [0.15, 0.2) is 16.4 Å². The average molecular weight is 353 g/mol. The van der Waals surface area contributed by atoms with Gasteiger partial charge in [-0.15, -0.1) is 0 Å². The van der Waals surface area contributed by atoms with Gasteiger partial charge in [0.2, 0.25) is 0 Å². The summed E-state index contributed by atoms with van der Waals surface area (Å²) >= 11 is 0. The van der Waals surface area contributed by atoms with Crippen molar-refractivity contribution in [2.75, 3.05) is 24.7 Å². The lowest BCUT2D eigenvalue weighted by atomic mass is 10.1. The molecule has 1 aromatic carbocycles.